The molecule has 0 saturated heterocycles. The van der Waals surface area contributed by atoms with Crippen LogP contribution in [0.2, 0.25) is 0 Å². The standard InChI is InChI=1S/C13H14F2N2S/c1-2-11(12-4-3-5-18-12)17-13-9(14)6-8(16)7-10(13)15/h3-7,11,17H,2,16H2,1H3. The summed E-state index contributed by atoms with van der Waals surface area (Å²) in [5.41, 5.74) is 5.34. The van der Waals surface area contributed by atoms with Gasteiger partial charge in [-0.2, -0.15) is 0 Å². The quantitative estimate of drug-likeness (QED) is 0.817. The van der Waals surface area contributed by atoms with Crippen LogP contribution in [0.25, 0.3) is 0 Å². The lowest BCUT2D eigenvalue weighted by molar-refractivity contribution is 0.582. The van der Waals surface area contributed by atoms with E-state index in [1.54, 1.807) is 11.3 Å². The minimum atomic E-state index is -0.664. The van der Waals surface area contributed by atoms with E-state index in [0.717, 1.165) is 23.4 Å². The van der Waals surface area contributed by atoms with Crippen LogP contribution in [-0.2, 0) is 0 Å². The molecular weight excluding hydrogens is 254 g/mol. The maximum atomic E-state index is 13.7. The molecule has 0 aliphatic heterocycles. The van der Waals surface area contributed by atoms with Crippen molar-refractivity contribution in [2.24, 2.45) is 0 Å². The maximum Gasteiger partial charge on any atom is 0.151 e. The Morgan fingerprint density at radius 1 is 1.33 bits per heavy atom. The predicted octanol–water partition coefficient (Wildman–Crippen LogP) is 4.17. The van der Waals surface area contributed by atoms with Gasteiger partial charge in [-0.05, 0) is 30.0 Å². The van der Waals surface area contributed by atoms with Crippen molar-refractivity contribution >= 4 is 22.7 Å². The van der Waals surface area contributed by atoms with Crippen LogP contribution in [0.15, 0.2) is 29.6 Å². The number of benzene rings is 1. The Morgan fingerprint density at radius 3 is 2.50 bits per heavy atom. The highest BCUT2D eigenvalue weighted by Gasteiger charge is 2.16. The third-order valence-electron chi connectivity index (χ3n) is 2.68. The van der Waals surface area contributed by atoms with Crippen LogP contribution < -0.4 is 11.1 Å². The molecule has 2 rings (SSSR count). The average Bonchev–Trinajstić information content (AvgIpc) is 2.81. The summed E-state index contributed by atoms with van der Waals surface area (Å²) in [7, 11) is 0. The summed E-state index contributed by atoms with van der Waals surface area (Å²) < 4.78 is 27.3. The van der Waals surface area contributed by atoms with E-state index in [0.29, 0.717) is 0 Å². The van der Waals surface area contributed by atoms with E-state index in [4.69, 9.17) is 5.73 Å². The lowest BCUT2D eigenvalue weighted by Gasteiger charge is -2.18. The average molecular weight is 268 g/mol. The first-order chi connectivity index (χ1) is 8.61. The first-order valence-corrected chi connectivity index (χ1v) is 6.54. The Labute approximate surface area is 108 Å². The topological polar surface area (TPSA) is 38.0 Å². The van der Waals surface area contributed by atoms with Gasteiger partial charge in [0.1, 0.15) is 5.69 Å². The van der Waals surface area contributed by atoms with Crippen molar-refractivity contribution in [3.63, 3.8) is 0 Å². The first-order valence-electron chi connectivity index (χ1n) is 5.66. The molecule has 0 radical (unpaired) electrons. The predicted molar refractivity (Wildman–Crippen MR) is 71.7 cm³/mol. The molecule has 96 valence electrons. The van der Waals surface area contributed by atoms with Crippen LogP contribution in [0.1, 0.15) is 24.3 Å². The zero-order chi connectivity index (χ0) is 13.1. The molecular formula is C13H14F2N2S. The highest BCUT2D eigenvalue weighted by atomic mass is 32.1. The third kappa shape index (κ3) is 2.61. The van der Waals surface area contributed by atoms with Gasteiger partial charge in [0.15, 0.2) is 11.6 Å². The first kappa shape index (κ1) is 12.8. The summed E-state index contributed by atoms with van der Waals surface area (Å²) in [5.74, 6) is -1.33. The number of thiophene rings is 1. The normalized spacial score (nSPS) is 12.4. The molecule has 0 aliphatic rings. The molecule has 2 nitrogen and oxygen atoms in total. The third-order valence-corrected chi connectivity index (χ3v) is 3.66. The number of nitrogens with one attached hydrogen (secondary N) is 1. The number of halogens is 2. The Hall–Kier alpha value is -1.62. The molecule has 5 heteroatoms. The van der Waals surface area contributed by atoms with Gasteiger partial charge in [0, 0.05) is 10.6 Å². The molecule has 1 aromatic carbocycles. The zero-order valence-electron chi connectivity index (χ0n) is 9.91. The summed E-state index contributed by atoms with van der Waals surface area (Å²) in [5, 5.41) is 4.84. The molecule has 1 heterocycles. The van der Waals surface area contributed by atoms with Crippen LogP contribution in [-0.4, -0.2) is 0 Å². The van der Waals surface area contributed by atoms with Crippen molar-refractivity contribution in [2.75, 3.05) is 11.1 Å². The molecule has 2 aromatic rings. The summed E-state index contributed by atoms with van der Waals surface area (Å²) in [4.78, 5) is 1.05. The number of anilines is 2. The Balaban J connectivity index is 2.28. The summed E-state index contributed by atoms with van der Waals surface area (Å²) in [6.07, 6.45) is 0.740. The summed E-state index contributed by atoms with van der Waals surface area (Å²) in [6, 6.07) is 6.00. The molecule has 1 aromatic heterocycles. The van der Waals surface area contributed by atoms with E-state index in [1.165, 1.54) is 0 Å². The second-order valence-corrected chi connectivity index (χ2v) is 4.96. The van der Waals surface area contributed by atoms with Crippen molar-refractivity contribution < 1.29 is 8.78 Å². The summed E-state index contributed by atoms with van der Waals surface area (Å²) in [6.45, 7) is 1.96. The van der Waals surface area contributed by atoms with Crippen LogP contribution in [0, 0.1) is 11.6 Å². The van der Waals surface area contributed by atoms with Gasteiger partial charge in [0.2, 0.25) is 0 Å². The highest BCUT2D eigenvalue weighted by molar-refractivity contribution is 7.10. The molecule has 0 spiro atoms. The maximum absolute atomic E-state index is 13.7. The molecule has 0 amide bonds. The van der Waals surface area contributed by atoms with Crippen molar-refractivity contribution in [3.05, 3.63) is 46.2 Å². The van der Waals surface area contributed by atoms with Crippen molar-refractivity contribution in [1.82, 2.24) is 0 Å². The molecule has 0 saturated carbocycles. The summed E-state index contributed by atoms with van der Waals surface area (Å²) >= 11 is 1.56. The molecule has 0 fully saturated rings. The minimum absolute atomic E-state index is 0.0831. The Bertz CT molecular complexity index is 503. The fraction of sp³-hybridized carbons (Fsp3) is 0.231. The van der Waals surface area contributed by atoms with Crippen LogP contribution in [0.5, 0.6) is 0 Å². The largest absolute Gasteiger partial charge is 0.399 e. The van der Waals surface area contributed by atoms with Gasteiger partial charge in [-0.15, -0.1) is 11.3 Å². The van der Waals surface area contributed by atoms with Gasteiger partial charge >= 0.3 is 0 Å². The smallest absolute Gasteiger partial charge is 0.151 e. The van der Waals surface area contributed by atoms with Crippen LogP contribution >= 0.6 is 11.3 Å². The monoisotopic (exact) mass is 268 g/mol. The minimum Gasteiger partial charge on any atom is -0.399 e. The molecule has 0 aliphatic carbocycles. The molecule has 0 bridgehead atoms. The van der Waals surface area contributed by atoms with E-state index in [1.807, 2.05) is 24.4 Å². The second kappa shape index (κ2) is 5.35. The lowest BCUT2D eigenvalue weighted by atomic mass is 10.1. The second-order valence-electron chi connectivity index (χ2n) is 3.98. The van der Waals surface area contributed by atoms with E-state index in [9.17, 15) is 8.78 Å². The fourth-order valence-electron chi connectivity index (χ4n) is 1.77. The molecule has 1 unspecified atom stereocenters. The lowest BCUT2D eigenvalue weighted by Crippen LogP contribution is -2.11. The number of nitrogen functional groups attached to an aromatic ring is 1. The Morgan fingerprint density at radius 2 is 2.00 bits per heavy atom. The van der Waals surface area contributed by atoms with Crippen LogP contribution in [0.4, 0.5) is 20.2 Å². The van der Waals surface area contributed by atoms with Crippen molar-refractivity contribution in [2.45, 2.75) is 19.4 Å². The van der Waals surface area contributed by atoms with E-state index >= 15 is 0 Å². The van der Waals surface area contributed by atoms with Gasteiger partial charge in [-0.3, -0.25) is 0 Å². The number of hydrogen-bond donors (Lipinski definition) is 2. The van der Waals surface area contributed by atoms with Crippen molar-refractivity contribution in [3.8, 4) is 0 Å². The van der Waals surface area contributed by atoms with E-state index in [2.05, 4.69) is 5.32 Å². The zero-order valence-corrected chi connectivity index (χ0v) is 10.7. The SMILES string of the molecule is CCC(Nc1c(F)cc(N)cc1F)c1cccs1. The van der Waals surface area contributed by atoms with E-state index < -0.39 is 11.6 Å². The fourth-order valence-corrected chi connectivity index (χ4v) is 2.63. The molecule has 1 atom stereocenters. The van der Waals surface area contributed by atoms with Gasteiger partial charge in [0.25, 0.3) is 0 Å². The number of nitrogens with two attached hydrogens (primary N) is 1. The van der Waals surface area contributed by atoms with Crippen molar-refractivity contribution in [1.29, 1.82) is 0 Å². The van der Waals surface area contributed by atoms with Gasteiger partial charge < -0.3 is 11.1 Å². The van der Waals surface area contributed by atoms with E-state index in [-0.39, 0.29) is 17.4 Å². The van der Waals surface area contributed by atoms with Gasteiger partial charge in [-0.1, -0.05) is 13.0 Å². The Kier molecular flexibility index (Phi) is 3.81. The molecule has 3 N–H and O–H groups in total. The van der Waals surface area contributed by atoms with Gasteiger partial charge in [-0.25, -0.2) is 8.78 Å². The molecule has 18 heavy (non-hydrogen) atoms. The highest BCUT2D eigenvalue weighted by Crippen LogP contribution is 2.30. The number of hydrogen-bond acceptors (Lipinski definition) is 3. The number of rotatable bonds is 4. The van der Waals surface area contributed by atoms with Gasteiger partial charge in [0.05, 0.1) is 6.04 Å². The van der Waals surface area contributed by atoms with Crippen LogP contribution in [0.3, 0.4) is 0 Å².